The lowest BCUT2D eigenvalue weighted by molar-refractivity contribution is 0.309. The maximum Gasteiger partial charge on any atom is 0.221 e. The van der Waals surface area contributed by atoms with E-state index in [0.29, 0.717) is 0 Å². The molecule has 32 heavy (non-hydrogen) atoms. The smallest absolute Gasteiger partial charge is 0.221 e. The molecule has 3 aliphatic carbocycles. The third-order valence-electron chi connectivity index (χ3n) is 7.48. The number of hydrogen-bond acceptors (Lipinski definition) is 8. The van der Waals surface area contributed by atoms with Gasteiger partial charge >= 0.3 is 0 Å². The first-order chi connectivity index (χ1) is 14.9. The highest BCUT2D eigenvalue weighted by Crippen LogP contribution is 2.51. The molecule has 0 bridgehead atoms. The van der Waals surface area contributed by atoms with Gasteiger partial charge in [-0.25, -0.2) is 16.8 Å². The Morgan fingerprint density at radius 3 is 1.69 bits per heavy atom. The summed E-state index contributed by atoms with van der Waals surface area (Å²) in [5, 5.41) is 25.8. The number of sulfone groups is 2. The van der Waals surface area contributed by atoms with Gasteiger partial charge in [-0.05, 0) is 44.9 Å². The summed E-state index contributed by atoms with van der Waals surface area (Å²) in [6.07, 6.45) is 12.8. The van der Waals surface area contributed by atoms with E-state index in [2.05, 4.69) is 10.3 Å². The van der Waals surface area contributed by atoms with Crippen LogP contribution in [-0.2, 0) is 19.7 Å². The zero-order valence-electron chi connectivity index (χ0n) is 18.6. The van der Waals surface area contributed by atoms with Crippen LogP contribution in [0.25, 0.3) is 0 Å². The molecule has 4 unspecified atom stereocenters. The Balaban J connectivity index is 2.45. The van der Waals surface area contributed by atoms with E-state index in [4.69, 9.17) is 0 Å². The minimum Gasteiger partial charge on any atom is -0.411 e. The molecule has 10 heteroatoms. The molecule has 3 aliphatic rings. The molecule has 4 atom stereocenters. The Morgan fingerprint density at radius 1 is 0.844 bits per heavy atom. The molecule has 176 valence electrons. The van der Waals surface area contributed by atoms with E-state index in [-0.39, 0.29) is 25.0 Å². The lowest BCUT2D eigenvalue weighted by Gasteiger charge is -2.48. The molecule has 0 radical (unpaired) electrons. The lowest BCUT2D eigenvalue weighted by atomic mass is 9.90. The molecule has 0 aliphatic heterocycles. The summed E-state index contributed by atoms with van der Waals surface area (Å²) in [6.45, 7) is 6.36. The van der Waals surface area contributed by atoms with Crippen LogP contribution in [0.3, 0.4) is 0 Å². The van der Waals surface area contributed by atoms with Crippen LogP contribution in [0.15, 0.2) is 58.9 Å². The Kier molecular flexibility index (Phi) is 6.10. The van der Waals surface area contributed by atoms with Crippen molar-refractivity contribution in [2.75, 3.05) is 0 Å². The maximum absolute atomic E-state index is 14.5. The zero-order valence-corrected chi connectivity index (χ0v) is 20.3. The summed E-state index contributed by atoms with van der Waals surface area (Å²) in [5.41, 5.74) is -0.872. The van der Waals surface area contributed by atoms with Gasteiger partial charge in [0.1, 0.15) is 11.4 Å². The summed E-state index contributed by atoms with van der Waals surface area (Å²) in [7, 11) is -9.27. The van der Waals surface area contributed by atoms with Crippen molar-refractivity contribution in [1.29, 1.82) is 0 Å². The summed E-state index contributed by atoms with van der Waals surface area (Å²) >= 11 is 0. The van der Waals surface area contributed by atoms with Crippen LogP contribution >= 0.6 is 0 Å². The maximum atomic E-state index is 14.5. The fourth-order valence-electron chi connectivity index (χ4n) is 4.86. The fourth-order valence-corrected chi connectivity index (χ4v) is 11.8. The van der Waals surface area contributed by atoms with E-state index in [1.54, 1.807) is 50.3 Å². The van der Waals surface area contributed by atoms with Gasteiger partial charge in [-0.3, -0.25) is 0 Å². The molecule has 0 spiro atoms. The Hall–Kier alpha value is -2.20. The molecular formula is C22H30N2O6S2. The van der Waals surface area contributed by atoms with E-state index in [1.165, 1.54) is 26.0 Å². The molecule has 1 saturated carbocycles. The standard InChI is InChI=1S/C22H30N2O6S2/c1-16-10-5-7-13-20(16,3)31(27,28)22(15-9-12-18(23-25)19(22)24-26)32(29,30)21(4)14-8-6-11-17(21)2/h5-8,10-11,13-14,16-17,25-26H,9,12,15H2,1-4H3. The van der Waals surface area contributed by atoms with Crippen LogP contribution in [0.5, 0.6) is 0 Å². The largest absolute Gasteiger partial charge is 0.411 e. The minimum atomic E-state index is -4.64. The van der Waals surface area contributed by atoms with Gasteiger partial charge in [-0.15, -0.1) is 0 Å². The van der Waals surface area contributed by atoms with Crippen molar-refractivity contribution in [3.63, 3.8) is 0 Å². The fraction of sp³-hybridized carbons (Fsp3) is 0.545. The highest BCUT2D eigenvalue weighted by molar-refractivity contribution is 8.13. The van der Waals surface area contributed by atoms with Gasteiger partial charge in [-0.2, -0.15) is 0 Å². The third-order valence-corrected chi connectivity index (χ3v) is 14.7. The van der Waals surface area contributed by atoms with E-state index >= 15 is 0 Å². The van der Waals surface area contributed by atoms with E-state index in [9.17, 15) is 27.3 Å². The number of oxime groups is 2. The van der Waals surface area contributed by atoms with Crippen molar-refractivity contribution in [2.45, 2.75) is 60.5 Å². The van der Waals surface area contributed by atoms with Crippen LogP contribution in [-0.4, -0.2) is 52.2 Å². The number of rotatable bonds is 4. The molecule has 0 saturated heterocycles. The number of hydrogen-bond donors (Lipinski definition) is 2. The van der Waals surface area contributed by atoms with Crippen LogP contribution in [0.4, 0.5) is 0 Å². The second-order valence-electron chi connectivity index (χ2n) is 9.04. The van der Waals surface area contributed by atoms with Crippen LogP contribution in [0.1, 0.15) is 47.0 Å². The lowest BCUT2D eigenvalue weighted by Crippen LogP contribution is -2.68. The van der Waals surface area contributed by atoms with Gasteiger partial charge in [0.2, 0.25) is 4.08 Å². The molecular weight excluding hydrogens is 452 g/mol. The number of allylic oxidation sites excluding steroid dienone is 6. The van der Waals surface area contributed by atoms with Crippen molar-refractivity contribution in [1.82, 2.24) is 0 Å². The van der Waals surface area contributed by atoms with Crippen molar-refractivity contribution < 1.29 is 27.3 Å². The molecule has 8 nitrogen and oxygen atoms in total. The summed E-state index contributed by atoms with van der Waals surface area (Å²) < 4.78 is 52.3. The number of nitrogens with zero attached hydrogens (tertiary/aromatic N) is 2. The first kappa shape index (κ1) is 24.4. The molecule has 0 amide bonds. The Bertz CT molecular complexity index is 1110. The van der Waals surface area contributed by atoms with Crippen molar-refractivity contribution in [3.8, 4) is 0 Å². The van der Waals surface area contributed by atoms with Crippen LogP contribution in [0.2, 0.25) is 0 Å². The molecule has 1 fully saturated rings. The van der Waals surface area contributed by atoms with Crippen molar-refractivity contribution in [2.24, 2.45) is 22.1 Å². The summed E-state index contributed by atoms with van der Waals surface area (Å²) in [5.74, 6) is -1.10. The highest BCUT2D eigenvalue weighted by atomic mass is 32.3. The van der Waals surface area contributed by atoms with Gasteiger partial charge in [0, 0.05) is 0 Å². The van der Waals surface area contributed by atoms with Gasteiger partial charge in [0.15, 0.2) is 19.7 Å². The minimum absolute atomic E-state index is 0.0900. The van der Waals surface area contributed by atoms with Gasteiger partial charge in [0.25, 0.3) is 0 Å². The second-order valence-corrected chi connectivity index (χ2v) is 14.5. The van der Waals surface area contributed by atoms with Gasteiger partial charge in [0.05, 0.1) is 9.49 Å². The van der Waals surface area contributed by atoms with E-state index in [1.807, 2.05) is 0 Å². The predicted molar refractivity (Wildman–Crippen MR) is 125 cm³/mol. The average molecular weight is 483 g/mol. The predicted octanol–water partition coefficient (Wildman–Crippen LogP) is 3.40. The SMILES string of the molecule is CC1C=CC=CC1(C)S(=O)(=O)C1(S(=O)(=O)C2(C)C=CC=CC2C)CCCC(=NO)C1=NO. The van der Waals surface area contributed by atoms with Crippen LogP contribution in [0, 0.1) is 11.8 Å². The van der Waals surface area contributed by atoms with Gasteiger partial charge in [-0.1, -0.05) is 72.8 Å². The zero-order chi connectivity index (χ0) is 24.0. The Morgan fingerprint density at radius 2 is 1.31 bits per heavy atom. The molecule has 2 N–H and O–H groups in total. The summed E-state index contributed by atoms with van der Waals surface area (Å²) in [6, 6.07) is 0. The Labute approximate surface area is 189 Å². The molecule has 0 aromatic heterocycles. The normalized spacial score (nSPS) is 40.2. The molecule has 3 rings (SSSR count). The quantitative estimate of drug-likeness (QED) is 0.466. The molecule has 0 aromatic carbocycles. The second kappa shape index (κ2) is 7.98. The van der Waals surface area contributed by atoms with Crippen molar-refractivity contribution >= 4 is 31.1 Å². The third kappa shape index (κ3) is 2.91. The molecule has 0 aromatic rings. The van der Waals surface area contributed by atoms with Crippen molar-refractivity contribution in [3.05, 3.63) is 48.6 Å². The first-order valence-electron chi connectivity index (χ1n) is 10.5. The highest BCUT2D eigenvalue weighted by Gasteiger charge is 2.70. The summed E-state index contributed by atoms with van der Waals surface area (Å²) in [4.78, 5) is 0. The average Bonchev–Trinajstić information content (AvgIpc) is 2.76. The van der Waals surface area contributed by atoms with E-state index < -0.39 is 50.8 Å². The topological polar surface area (TPSA) is 133 Å². The van der Waals surface area contributed by atoms with E-state index in [0.717, 1.165) is 0 Å². The first-order valence-corrected chi connectivity index (χ1v) is 13.5. The molecule has 0 heterocycles. The monoisotopic (exact) mass is 482 g/mol. The van der Waals surface area contributed by atoms with Gasteiger partial charge < -0.3 is 10.4 Å². The van der Waals surface area contributed by atoms with Crippen LogP contribution < -0.4 is 0 Å².